The van der Waals surface area contributed by atoms with E-state index in [9.17, 15) is 4.79 Å². The number of likely N-dealkylation sites (N-methyl/N-ethyl adjacent to an activating group) is 1. The predicted octanol–water partition coefficient (Wildman–Crippen LogP) is 0.0726. The first kappa shape index (κ1) is 9.43. The van der Waals surface area contributed by atoms with E-state index in [1.165, 1.54) is 6.92 Å². The third-order valence-corrected chi connectivity index (χ3v) is 1.09. The van der Waals surface area contributed by atoms with Crippen molar-refractivity contribution >= 4 is 5.91 Å². The molecule has 0 saturated heterocycles. The molecule has 60 valence electrons. The van der Waals surface area contributed by atoms with Gasteiger partial charge >= 0.3 is 0 Å². The van der Waals surface area contributed by atoms with Crippen LogP contribution in [0.3, 0.4) is 0 Å². The second kappa shape index (κ2) is 4.28. The Morgan fingerprint density at radius 1 is 1.60 bits per heavy atom. The summed E-state index contributed by atoms with van der Waals surface area (Å²) in [5, 5.41) is 2.79. The second-order valence-electron chi connectivity index (χ2n) is 2.86. The molecule has 10 heavy (non-hydrogen) atoms. The Kier molecular flexibility index (Phi) is 4.03. The van der Waals surface area contributed by atoms with Crippen molar-refractivity contribution in [3.63, 3.8) is 0 Å². The highest BCUT2D eigenvalue weighted by molar-refractivity contribution is 5.73. The van der Waals surface area contributed by atoms with Crippen LogP contribution in [0.4, 0.5) is 0 Å². The van der Waals surface area contributed by atoms with Gasteiger partial charge in [0.05, 0.1) is 0 Å². The van der Waals surface area contributed by atoms with Crippen LogP contribution in [0.1, 0.15) is 13.8 Å². The molecule has 0 aliphatic rings. The fraction of sp³-hybridized carbons (Fsp3) is 0.857. The molecular weight excluding hydrogens is 128 g/mol. The standard InChI is InChI=1S/C7H16N2O/c1-6(5-9(3)4)8-7(2)10/h6H,5H2,1-4H3,(H,8,10)/t6-/m1/s1. The predicted molar refractivity (Wildman–Crippen MR) is 41.8 cm³/mol. The van der Waals surface area contributed by atoms with E-state index in [0.717, 1.165) is 6.54 Å². The number of rotatable bonds is 3. The van der Waals surface area contributed by atoms with Crippen molar-refractivity contribution in [3.8, 4) is 0 Å². The minimum Gasteiger partial charge on any atom is -0.353 e. The van der Waals surface area contributed by atoms with Crippen molar-refractivity contribution < 1.29 is 4.79 Å². The van der Waals surface area contributed by atoms with Gasteiger partial charge in [-0.3, -0.25) is 4.79 Å². The van der Waals surface area contributed by atoms with Crippen LogP contribution in [0.15, 0.2) is 0 Å². The first-order chi connectivity index (χ1) is 4.52. The summed E-state index contributed by atoms with van der Waals surface area (Å²) in [6.07, 6.45) is 0. The van der Waals surface area contributed by atoms with Crippen LogP contribution < -0.4 is 5.32 Å². The first-order valence-corrected chi connectivity index (χ1v) is 3.44. The summed E-state index contributed by atoms with van der Waals surface area (Å²) in [6, 6.07) is 0.243. The van der Waals surface area contributed by atoms with Crippen molar-refractivity contribution in [1.82, 2.24) is 10.2 Å². The maximum Gasteiger partial charge on any atom is 0.217 e. The molecule has 0 unspecified atom stereocenters. The van der Waals surface area contributed by atoms with Gasteiger partial charge in [0.15, 0.2) is 0 Å². The van der Waals surface area contributed by atoms with E-state index in [1.807, 2.05) is 25.9 Å². The maximum absolute atomic E-state index is 10.5. The van der Waals surface area contributed by atoms with E-state index < -0.39 is 0 Å². The summed E-state index contributed by atoms with van der Waals surface area (Å²) in [5.41, 5.74) is 0. The quantitative estimate of drug-likeness (QED) is 0.608. The van der Waals surface area contributed by atoms with Crippen LogP contribution in [-0.2, 0) is 4.79 Å². The Morgan fingerprint density at radius 2 is 2.10 bits per heavy atom. The lowest BCUT2D eigenvalue weighted by atomic mass is 10.3. The SMILES string of the molecule is CC(=O)N[C@H](C)CN(C)C. The second-order valence-corrected chi connectivity index (χ2v) is 2.86. The maximum atomic E-state index is 10.5. The number of carbonyl (C=O) groups excluding carboxylic acids is 1. The van der Waals surface area contributed by atoms with Gasteiger partial charge in [-0.15, -0.1) is 0 Å². The van der Waals surface area contributed by atoms with Gasteiger partial charge in [0.1, 0.15) is 0 Å². The van der Waals surface area contributed by atoms with Crippen LogP contribution in [0, 0.1) is 0 Å². The van der Waals surface area contributed by atoms with E-state index in [1.54, 1.807) is 0 Å². The highest BCUT2D eigenvalue weighted by atomic mass is 16.1. The van der Waals surface area contributed by atoms with Crippen LogP contribution in [0.25, 0.3) is 0 Å². The van der Waals surface area contributed by atoms with Gasteiger partial charge in [0.25, 0.3) is 0 Å². The summed E-state index contributed by atoms with van der Waals surface area (Å²) in [4.78, 5) is 12.5. The van der Waals surface area contributed by atoms with Crippen molar-refractivity contribution in [2.45, 2.75) is 19.9 Å². The molecule has 0 spiro atoms. The first-order valence-electron chi connectivity index (χ1n) is 3.44. The van der Waals surface area contributed by atoms with E-state index in [0.29, 0.717) is 0 Å². The molecule has 3 nitrogen and oxygen atoms in total. The fourth-order valence-corrected chi connectivity index (χ4v) is 0.940. The molecule has 1 N–H and O–H groups in total. The number of hydrogen-bond donors (Lipinski definition) is 1. The van der Waals surface area contributed by atoms with Crippen molar-refractivity contribution in [2.24, 2.45) is 0 Å². The van der Waals surface area contributed by atoms with Gasteiger partial charge in [-0.25, -0.2) is 0 Å². The molecule has 0 bridgehead atoms. The third-order valence-electron chi connectivity index (χ3n) is 1.09. The zero-order valence-electron chi connectivity index (χ0n) is 7.14. The lowest BCUT2D eigenvalue weighted by Gasteiger charge is -2.16. The fourth-order valence-electron chi connectivity index (χ4n) is 0.940. The average Bonchev–Trinajstić information content (AvgIpc) is 1.58. The molecule has 0 rings (SSSR count). The van der Waals surface area contributed by atoms with Gasteiger partial charge in [-0.05, 0) is 21.0 Å². The molecule has 0 saturated carbocycles. The smallest absolute Gasteiger partial charge is 0.217 e. The molecule has 0 aromatic heterocycles. The van der Waals surface area contributed by atoms with Gasteiger partial charge < -0.3 is 10.2 Å². The van der Waals surface area contributed by atoms with Crippen molar-refractivity contribution in [1.29, 1.82) is 0 Å². The summed E-state index contributed by atoms with van der Waals surface area (Å²) < 4.78 is 0. The van der Waals surface area contributed by atoms with Gasteiger partial charge in [0.2, 0.25) is 5.91 Å². The molecule has 0 fully saturated rings. The van der Waals surface area contributed by atoms with Crippen molar-refractivity contribution in [2.75, 3.05) is 20.6 Å². The topological polar surface area (TPSA) is 32.3 Å². The summed E-state index contributed by atoms with van der Waals surface area (Å²) in [7, 11) is 3.97. The average molecular weight is 144 g/mol. The molecule has 0 aliphatic heterocycles. The molecule has 1 amide bonds. The van der Waals surface area contributed by atoms with Gasteiger partial charge in [-0.2, -0.15) is 0 Å². The van der Waals surface area contributed by atoms with E-state index >= 15 is 0 Å². The minimum atomic E-state index is 0.0364. The van der Waals surface area contributed by atoms with Crippen LogP contribution in [-0.4, -0.2) is 37.5 Å². The molecular formula is C7H16N2O. The minimum absolute atomic E-state index is 0.0364. The largest absolute Gasteiger partial charge is 0.353 e. The number of carbonyl (C=O) groups is 1. The Bertz CT molecular complexity index is 112. The number of nitrogens with one attached hydrogen (secondary N) is 1. The Hall–Kier alpha value is -0.570. The Morgan fingerprint density at radius 3 is 2.40 bits per heavy atom. The van der Waals surface area contributed by atoms with Crippen LogP contribution >= 0.6 is 0 Å². The lowest BCUT2D eigenvalue weighted by Crippen LogP contribution is -2.38. The molecule has 0 radical (unpaired) electrons. The number of amides is 1. The molecule has 0 heterocycles. The van der Waals surface area contributed by atoms with E-state index in [4.69, 9.17) is 0 Å². The zero-order valence-corrected chi connectivity index (χ0v) is 7.14. The highest BCUT2D eigenvalue weighted by Gasteiger charge is 2.02. The highest BCUT2D eigenvalue weighted by Crippen LogP contribution is 1.83. The normalized spacial score (nSPS) is 13.3. The zero-order chi connectivity index (χ0) is 8.15. The molecule has 0 aromatic carbocycles. The summed E-state index contributed by atoms with van der Waals surface area (Å²) in [5.74, 6) is 0.0364. The third kappa shape index (κ3) is 5.56. The van der Waals surface area contributed by atoms with E-state index in [2.05, 4.69) is 5.32 Å². The van der Waals surface area contributed by atoms with Gasteiger partial charge in [-0.1, -0.05) is 0 Å². The molecule has 0 aliphatic carbocycles. The number of hydrogen-bond acceptors (Lipinski definition) is 2. The molecule has 3 heteroatoms. The van der Waals surface area contributed by atoms with Crippen LogP contribution in [0.5, 0.6) is 0 Å². The Labute approximate surface area is 62.4 Å². The summed E-state index contributed by atoms with van der Waals surface area (Å²) >= 11 is 0. The lowest BCUT2D eigenvalue weighted by molar-refractivity contribution is -0.119. The number of nitrogens with zero attached hydrogens (tertiary/aromatic N) is 1. The van der Waals surface area contributed by atoms with E-state index in [-0.39, 0.29) is 11.9 Å². The molecule has 1 atom stereocenters. The summed E-state index contributed by atoms with van der Waals surface area (Å²) in [6.45, 7) is 4.41. The monoisotopic (exact) mass is 144 g/mol. The van der Waals surface area contributed by atoms with Gasteiger partial charge in [0, 0.05) is 19.5 Å². The Balaban J connectivity index is 3.43. The van der Waals surface area contributed by atoms with Crippen molar-refractivity contribution in [3.05, 3.63) is 0 Å². The molecule has 0 aromatic rings. The van der Waals surface area contributed by atoms with Crippen LogP contribution in [0.2, 0.25) is 0 Å².